The topological polar surface area (TPSA) is 102 Å². The predicted molar refractivity (Wildman–Crippen MR) is 151 cm³/mol. The molecular formula is C29H25ClN2O6S. The molecule has 10 heteroatoms. The Bertz CT molecular complexity index is 1490. The molecule has 1 saturated heterocycles. The molecule has 0 radical (unpaired) electrons. The normalized spacial score (nSPS) is 14.1. The lowest BCUT2D eigenvalue weighted by molar-refractivity contribution is -0.122. The lowest BCUT2D eigenvalue weighted by Crippen LogP contribution is -2.33. The summed E-state index contributed by atoms with van der Waals surface area (Å²) in [5, 5.41) is 2.74. The van der Waals surface area contributed by atoms with Crippen LogP contribution in [0.3, 0.4) is 0 Å². The summed E-state index contributed by atoms with van der Waals surface area (Å²) in [6, 6.07) is 16.8. The number of imide groups is 1. The first-order valence-electron chi connectivity index (χ1n) is 11.9. The van der Waals surface area contributed by atoms with Gasteiger partial charge in [0.2, 0.25) is 0 Å². The van der Waals surface area contributed by atoms with Gasteiger partial charge in [-0.2, -0.15) is 0 Å². The SMILES string of the molecule is COc1cc(/C=C2/SC(=O)N(CC(=O)c3ccc(Cl)cc3)C2=O)ccc1OCC(=O)Nc1ccc(C)c(C)c1. The highest BCUT2D eigenvalue weighted by Gasteiger charge is 2.36. The fourth-order valence-corrected chi connectivity index (χ4v) is 4.68. The van der Waals surface area contributed by atoms with Crippen LogP contribution in [0.15, 0.2) is 65.6 Å². The van der Waals surface area contributed by atoms with Gasteiger partial charge in [0, 0.05) is 16.3 Å². The average Bonchev–Trinajstić information content (AvgIpc) is 3.17. The molecule has 0 unspecified atom stereocenters. The standard InChI is InChI=1S/C29H25ClN2O6S/c1-17-4-10-22(12-18(17)2)31-27(34)16-38-24-11-5-19(13-25(24)37-3)14-26-28(35)32(29(36)39-26)15-23(33)20-6-8-21(30)9-7-20/h4-14H,15-16H2,1-3H3,(H,31,34)/b26-14+. The van der Waals surface area contributed by atoms with E-state index in [2.05, 4.69) is 5.32 Å². The van der Waals surface area contributed by atoms with Crippen molar-refractivity contribution in [3.63, 3.8) is 0 Å². The maximum Gasteiger partial charge on any atom is 0.293 e. The first-order chi connectivity index (χ1) is 18.6. The lowest BCUT2D eigenvalue weighted by atomic mass is 10.1. The second-order valence-corrected chi connectivity index (χ2v) is 10.2. The summed E-state index contributed by atoms with van der Waals surface area (Å²) in [6.45, 7) is 3.36. The number of rotatable bonds is 9. The largest absolute Gasteiger partial charge is 0.493 e. The van der Waals surface area contributed by atoms with E-state index in [1.165, 1.54) is 13.2 Å². The van der Waals surface area contributed by atoms with Gasteiger partial charge >= 0.3 is 0 Å². The predicted octanol–water partition coefficient (Wildman–Crippen LogP) is 5.90. The molecule has 39 heavy (non-hydrogen) atoms. The molecular weight excluding hydrogens is 540 g/mol. The molecule has 0 bridgehead atoms. The van der Waals surface area contributed by atoms with E-state index in [9.17, 15) is 19.2 Å². The number of Topliss-reactive ketones (excluding diaryl/α,β-unsaturated/α-hetero) is 1. The average molecular weight is 565 g/mol. The summed E-state index contributed by atoms with van der Waals surface area (Å²) in [4.78, 5) is 51.3. The molecule has 0 aliphatic carbocycles. The van der Waals surface area contributed by atoms with Crippen LogP contribution in [0.1, 0.15) is 27.0 Å². The Morgan fingerprint density at radius 1 is 0.974 bits per heavy atom. The van der Waals surface area contributed by atoms with Crippen LogP contribution in [0.2, 0.25) is 5.02 Å². The van der Waals surface area contributed by atoms with Crippen molar-refractivity contribution >= 4 is 58.0 Å². The fourth-order valence-electron chi connectivity index (χ4n) is 3.71. The summed E-state index contributed by atoms with van der Waals surface area (Å²) in [5.41, 5.74) is 3.80. The van der Waals surface area contributed by atoms with Gasteiger partial charge in [-0.1, -0.05) is 23.7 Å². The fraction of sp³-hybridized carbons (Fsp3) is 0.172. The molecule has 3 amide bonds. The number of carbonyl (C=O) groups is 4. The number of ketones is 1. The van der Waals surface area contributed by atoms with E-state index in [-0.39, 0.29) is 29.7 Å². The van der Waals surface area contributed by atoms with Crippen LogP contribution >= 0.6 is 23.4 Å². The molecule has 200 valence electrons. The number of nitrogens with zero attached hydrogens (tertiary/aromatic N) is 1. The maximum atomic E-state index is 12.9. The van der Waals surface area contributed by atoms with Gasteiger partial charge < -0.3 is 14.8 Å². The molecule has 3 aromatic carbocycles. The molecule has 1 fully saturated rings. The van der Waals surface area contributed by atoms with Crippen LogP contribution in [-0.2, 0) is 9.59 Å². The number of amides is 3. The highest BCUT2D eigenvalue weighted by atomic mass is 35.5. The molecule has 3 aromatic rings. The Hall–Kier alpha value is -4.08. The van der Waals surface area contributed by atoms with Crippen molar-refractivity contribution < 1.29 is 28.7 Å². The third kappa shape index (κ3) is 6.87. The zero-order chi connectivity index (χ0) is 28.1. The van der Waals surface area contributed by atoms with Crippen molar-refractivity contribution in [2.75, 3.05) is 25.6 Å². The number of carbonyl (C=O) groups excluding carboxylic acids is 4. The third-order valence-corrected chi connectivity index (χ3v) is 7.14. The van der Waals surface area contributed by atoms with E-state index in [0.29, 0.717) is 33.3 Å². The number of halogens is 1. The zero-order valence-corrected chi connectivity index (χ0v) is 23.0. The van der Waals surface area contributed by atoms with Crippen molar-refractivity contribution in [1.82, 2.24) is 4.90 Å². The van der Waals surface area contributed by atoms with Crippen molar-refractivity contribution in [1.29, 1.82) is 0 Å². The molecule has 1 aliphatic heterocycles. The molecule has 0 aromatic heterocycles. The van der Waals surface area contributed by atoms with Gasteiger partial charge in [0.1, 0.15) is 0 Å². The van der Waals surface area contributed by atoms with E-state index in [0.717, 1.165) is 27.8 Å². The first kappa shape index (κ1) is 27.9. The van der Waals surface area contributed by atoms with Gasteiger partial charge in [-0.05, 0) is 96.9 Å². The van der Waals surface area contributed by atoms with Crippen LogP contribution in [0, 0.1) is 13.8 Å². The Morgan fingerprint density at radius 2 is 1.72 bits per heavy atom. The summed E-state index contributed by atoms with van der Waals surface area (Å²) < 4.78 is 11.1. The number of anilines is 1. The third-order valence-electron chi connectivity index (χ3n) is 5.98. The number of thioether (sulfide) groups is 1. The quantitative estimate of drug-likeness (QED) is 0.255. The van der Waals surface area contributed by atoms with Crippen LogP contribution in [0.25, 0.3) is 6.08 Å². The van der Waals surface area contributed by atoms with Gasteiger partial charge in [-0.15, -0.1) is 0 Å². The second kappa shape index (κ2) is 12.2. The molecule has 8 nitrogen and oxygen atoms in total. The Kier molecular flexibility index (Phi) is 8.73. The molecule has 0 atom stereocenters. The molecule has 4 rings (SSSR count). The molecule has 1 N–H and O–H groups in total. The van der Waals surface area contributed by atoms with Crippen molar-refractivity contribution in [2.45, 2.75) is 13.8 Å². The number of ether oxygens (including phenoxy) is 2. The van der Waals surface area contributed by atoms with Crippen LogP contribution in [0.4, 0.5) is 10.5 Å². The Balaban J connectivity index is 1.40. The van der Waals surface area contributed by atoms with Crippen molar-refractivity contribution in [2.24, 2.45) is 0 Å². The van der Waals surface area contributed by atoms with Crippen molar-refractivity contribution in [3.8, 4) is 11.5 Å². The van der Waals surface area contributed by atoms with Crippen LogP contribution in [0.5, 0.6) is 11.5 Å². The van der Waals surface area contributed by atoms with E-state index in [4.69, 9.17) is 21.1 Å². The Morgan fingerprint density at radius 3 is 2.41 bits per heavy atom. The minimum absolute atomic E-state index is 0.174. The number of aryl methyl sites for hydroxylation is 2. The number of hydrogen-bond acceptors (Lipinski definition) is 7. The van der Waals surface area contributed by atoms with Gasteiger partial charge in [-0.3, -0.25) is 24.1 Å². The summed E-state index contributed by atoms with van der Waals surface area (Å²) >= 11 is 6.61. The van der Waals surface area contributed by atoms with E-state index in [1.807, 2.05) is 32.0 Å². The minimum atomic E-state index is -0.561. The van der Waals surface area contributed by atoms with E-state index < -0.39 is 11.1 Å². The monoisotopic (exact) mass is 564 g/mol. The summed E-state index contributed by atoms with van der Waals surface area (Å²) in [5.74, 6) is -0.577. The van der Waals surface area contributed by atoms with Crippen molar-refractivity contribution in [3.05, 3.63) is 92.8 Å². The van der Waals surface area contributed by atoms with Gasteiger partial charge in [-0.25, -0.2) is 0 Å². The number of hydrogen-bond donors (Lipinski definition) is 1. The summed E-state index contributed by atoms with van der Waals surface area (Å²) in [7, 11) is 1.46. The number of nitrogens with one attached hydrogen (secondary N) is 1. The number of benzene rings is 3. The first-order valence-corrected chi connectivity index (χ1v) is 13.1. The van der Waals surface area contributed by atoms with Gasteiger partial charge in [0.25, 0.3) is 17.1 Å². The highest BCUT2D eigenvalue weighted by Crippen LogP contribution is 2.34. The van der Waals surface area contributed by atoms with Gasteiger partial charge in [0.05, 0.1) is 18.6 Å². The molecule has 0 spiro atoms. The molecule has 1 aliphatic rings. The van der Waals surface area contributed by atoms with Crippen LogP contribution in [-0.4, -0.2) is 48.0 Å². The maximum absolute atomic E-state index is 12.9. The zero-order valence-electron chi connectivity index (χ0n) is 21.4. The van der Waals surface area contributed by atoms with E-state index >= 15 is 0 Å². The van der Waals surface area contributed by atoms with E-state index in [1.54, 1.807) is 42.5 Å². The highest BCUT2D eigenvalue weighted by molar-refractivity contribution is 8.18. The Labute approximate surface area is 234 Å². The molecule has 1 heterocycles. The molecule has 0 saturated carbocycles. The smallest absolute Gasteiger partial charge is 0.293 e. The number of methoxy groups -OCH3 is 1. The van der Waals surface area contributed by atoms with Crippen LogP contribution < -0.4 is 14.8 Å². The second-order valence-electron chi connectivity index (χ2n) is 8.74. The minimum Gasteiger partial charge on any atom is -0.493 e. The summed E-state index contributed by atoms with van der Waals surface area (Å²) in [6.07, 6.45) is 1.54. The van der Waals surface area contributed by atoms with Gasteiger partial charge in [0.15, 0.2) is 23.9 Å². The lowest BCUT2D eigenvalue weighted by Gasteiger charge is -2.12.